The number of fused-ring (bicyclic) bond motifs is 8. The molecule has 9 rings (SSSR count). The van der Waals surface area contributed by atoms with Crippen molar-refractivity contribution in [3.63, 3.8) is 0 Å². The van der Waals surface area contributed by atoms with Crippen molar-refractivity contribution in [1.29, 1.82) is 0 Å². The lowest BCUT2D eigenvalue weighted by Gasteiger charge is -2.22. The summed E-state index contributed by atoms with van der Waals surface area (Å²) in [5.41, 5.74) is 17.6. The van der Waals surface area contributed by atoms with Gasteiger partial charge in [-0.05, 0) is 111 Å². The molecule has 0 aliphatic heterocycles. The summed E-state index contributed by atoms with van der Waals surface area (Å²) in [5, 5.41) is 5.36. The molecular weight excluding hydrogens is 540 g/mol. The Morgan fingerprint density at radius 3 is 1.80 bits per heavy atom. The van der Waals surface area contributed by atoms with E-state index < -0.39 is 0 Å². The maximum absolute atomic E-state index is 2.48. The molecule has 0 saturated heterocycles. The van der Waals surface area contributed by atoms with Gasteiger partial charge in [-0.25, -0.2) is 0 Å². The molecule has 0 unspecified atom stereocenters. The summed E-state index contributed by atoms with van der Waals surface area (Å²) in [7, 11) is 0. The third kappa shape index (κ3) is 3.66. The van der Waals surface area contributed by atoms with Gasteiger partial charge in [-0.1, -0.05) is 150 Å². The Balaban J connectivity index is 1.27. The second-order valence-corrected chi connectivity index (χ2v) is 14.5. The van der Waals surface area contributed by atoms with Gasteiger partial charge in [0.1, 0.15) is 0 Å². The number of benzene rings is 7. The molecule has 0 spiro atoms. The van der Waals surface area contributed by atoms with Crippen LogP contribution in [0.3, 0.4) is 0 Å². The Labute approximate surface area is 266 Å². The summed E-state index contributed by atoms with van der Waals surface area (Å²) in [6, 6.07) is 48.3. The second kappa shape index (κ2) is 9.05. The minimum atomic E-state index is -0.0374. The number of hydrogen-bond acceptors (Lipinski definition) is 0. The summed E-state index contributed by atoms with van der Waals surface area (Å²) in [6.45, 7) is 11.6. The maximum atomic E-state index is 2.48. The molecule has 0 bridgehead atoms. The molecule has 7 aromatic rings. The van der Waals surface area contributed by atoms with E-state index in [4.69, 9.17) is 0 Å². The highest BCUT2D eigenvalue weighted by Crippen LogP contribution is 2.55. The number of hydrogen-bond donors (Lipinski definition) is 0. The third-order valence-electron chi connectivity index (χ3n) is 10.6. The maximum Gasteiger partial charge on any atom is 0.0159 e. The van der Waals surface area contributed by atoms with E-state index in [-0.39, 0.29) is 10.8 Å². The van der Waals surface area contributed by atoms with Crippen LogP contribution in [0.2, 0.25) is 0 Å². The van der Waals surface area contributed by atoms with Gasteiger partial charge in [-0.15, -0.1) is 0 Å². The van der Waals surface area contributed by atoms with Gasteiger partial charge in [0, 0.05) is 5.41 Å². The van der Waals surface area contributed by atoms with E-state index in [1.807, 2.05) is 0 Å². The molecule has 2 aliphatic rings. The van der Waals surface area contributed by atoms with E-state index in [0.717, 1.165) is 0 Å². The SMILES string of the molecule is CC(C)(C)c1ccc(-c2ccc3c(c2)-c2cccc4c(-c5ccc6c(c5)C(C)(C)c5ccccc5-6)c5ccccc5c-3c24)cc1. The van der Waals surface area contributed by atoms with Crippen LogP contribution in [0.1, 0.15) is 51.3 Å². The van der Waals surface area contributed by atoms with Crippen molar-refractivity contribution in [3.05, 3.63) is 144 Å². The molecule has 7 aromatic carbocycles. The lowest BCUT2D eigenvalue weighted by Crippen LogP contribution is -2.14. The Hall–Kier alpha value is -4.94. The van der Waals surface area contributed by atoms with Crippen LogP contribution in [0.4, 0.5) is 0 Å². The van der Waals surface area contributed by atoms with Crippen molar-refractivity contribution in [3.8, 4) is 55.6 Å². The first-order valence-electron chi connectivity index (χ1n) is 16.2. The molecule has 0 N–H and O–H groups in total. The van der Waals surface area contributed by atoms with E-state index in [2.05, 4.69) is 162 Å². The van der Waals surface area contributed by atoms with Gasteiger partial charge in [-0.2, -0.15) is 0 Å². The molecule has 0 saturated carbocycles. The molecule has 45 heavy (non-hydrogen) atoms. The quantitative estimate of drug-likeness (QED) is 0.180. The van der Waals surface area contributed by atoms with E-state index in [1.165, 1.54) is 93.9 Å². The smallest absolute Gasteiger partial charge is 0.0159 e. The monoisotopic (exact) mass is 576 g/mol. The van der Waals surface area contributed by atoms with Crippen molar-refractivity contribution in [2.24, 2.45) is 0 Å². The first kappa shape index (κ1) is 26.5. The standard InChI is InChI=1S/C45H36/c1-44(2,3)30-21-17-27(18-22-30)28-19-24-36-38(25-28)35-14-10-15-37-41(33-12-6-7-13-34(33)42(36)43(35)37)29-20-23-32-31-11-8-9-16-39(31)45(4,5)40(32)26-29/h6-26H,1-5H3. The van der Waals surface area contributed by atoms with Crippen LogP contribution in [0.5, 0.6) is 0 Å². The molecule has 0 amide bonds. The lowest BCUT2D eigenvalue weighted by atomic mass is 9.80. The summed E-state index contributed by atoms with van der Waals surface area (Å²) < 4.78 is 0. The normalized spacial score (nSPS) is 14.1. The minimum absolute atomic E-state index is 0.0374. The fourth-order valence-electron chi connectivity index (χ4n) is 8.23. The average molecular weight is 577 g/mol. The van der Waals surface area contributed by atoms with Crippen LogP contribution in [0.15, 0.2) is 127 Å². The van der Waals surface area contributed by atoms with Crippen molar-refractivity contribution in [1.82, 2.24) is 0 Å². The summed E-state index contributed by atoms with van der Waals surface area (Å²) >= 11 is 0. The zero-order valence-corrected chi connectivity index (χ0v) is 26.6. The molecular formula is C45H36. The van der Waals surface area contributed by atoms with Crippen LogP contribution < -0.4 is 0 Å². The van der Waals surface area contributed by atoms with Crippen molar-refractivity contribution in [2.75, 3.05) is 0 Å². The zero-order chi connectivity index (χ0) is 30.7. The van der Waals surface area contributed by atoms with E-state index in [0.29, 0.717) is 0 Å². The van der Waals surface area contributed by atoms with Crippen LogP contribution in [-0.4, -0.2) is 0 Å². The van der Waals surface area contributed by atoms with Crippen molar-refractivity contribution in [2.45, 2.75) is 45.4 Å². The molecule has 0 heteroatoms. The Bertz CT molecular complexity index is 2360. The van der Waals surface area contributed by atoms with E-state index >= 15 is 0 Å². The van der Waals surface area contributed by atoms with Crippen LogP contribution in [0.25, 0.3) is 77.2 Å². The van der Waals surface area contributed by atoms with Crippen molar-refractivity contribution >= 4 is 21.5 Å². The lowest BCUT2D eigenvalue weighted by molar-refractivity contribution is 0.590. The van der Waals surface area contributed by atoms with Crippen molar-refractivity contribution < 1.29 is 0 Å². The van der Waals surface area contributed by atoms with Gasteiger partial charge in [0.05, 0.1) is 0 Å². The fourth-order valence-corrected chi connectivity index (χ4v) is 8.23. The summed E-state index contributed by atoms with van der Waals surface area (Å²) in [4.78, 5) is 0. The van der Waals surface area contributed by atoms with Crippen LogP contribution >= 0.6 is 0 Å². The summed E-state index contributed by atoms with van der Waals surface area (Å²) in [6.07, 6.45) is 0. The van der Waals surface area contributed by atoms with Crippen LogP contribution in [0, 0.1) is 0 Å². The van der Waals surface area contributed by atoms with Crippen LogP contribution in [-0.2, 0) is 10.8 Å². The Kier molecular flexibility index (Phi) is 5.32. The largest absolute Gasteiger partial charge is 0.0619 e. The molecule has 0 heterocycles. The highest BCUT2D eigenvalue weighted by atomic mass is 14.4. The topological polar surface area (TPSA) is 0 Å². The van der Waals surface area contributed by atoms with Gasteiger partial charge in [0.2, 0.25) is 0 Å². The molecule has 2 aliphatic carbocycles. The fraction of sp³-hybridized carbons (Fsp3) is 0.156. The highest BCUT2D eigenvalue weighted by molar-refractivity contribution is 6.29. The van der Waals surface area contributed by atoms with Gasteiger partial charge in [-0.3, -0.25) is 0 Å². The molecule has 0 nitrogen and oxygen atoms in total. The first-order chi connectivity index (χ1) is 21.7. The molecule has 0 radical (unpaired) electrons. The van der Waals surface area contributed by atoms with Gasteiger partial charge >= 0.3 is 0 Å². The predicted molar refractivity (Wildman–Crippen MR) is 193 cm³/mol. The third-order valence-corrected chi connectivity index (χ3v) is 10.6. The summed E-state index contributed by atoms with van der Waals surface area (Å²) in [5.74, 6) is 0. The second-order valence-electron chi connectivity index (χ2n) is 14.5. The predicted octanol–water partition coefficient (Wildman–Crippen LogP) is 12.6. The minimum Gasteiger partial charge on any atom is -0.0619 e. The highest BCUT2D eigenvalue weighted by Gasteiger charge is 2.36. The van der Waals surface area contributed by atoms with Gasteiger partial charge < -0.3 is 0 Å². The van der Waals surface area contributed by atoms with Gasteiger partial charge in [0.25, 0.3) is 0 Å². The zero-order valence-electron chi connectivity index (χ0n) is 26.6. The number of rotatable bonds is 2. The Morgan fingerprint density at radius 1 is 0.422 bits per heavy atom. The Morgan fingerprint density at radius 2 is 1.02 bits per heavy atom. The van der Waals surface area contributed by atoms with E-state index in [9.17, 15) is 0 Å². The average Bonchev–Trinajstić information content (AvgIpc) is 3.50. The molecule has 0 aromatic heterocycles. The molecule has 0 fully saturated rings. The molecule has 216 valence electrons. The first-order valence-corrected chi connectivity index (χ1v) is 16.2. The molecule has 0 atom stereocenters. The van der Waals surface area contributed by atoms with Gasteiger partial charge in [0.15, 0.2) is 0 Å². The van der Waals surface area contributed by atoms with E-state index in [1.54, 1.807) is 0 Å².